The number of hydrogen-bond donors (Lipinski definition) is 1. The molecule has 1 atom stereocenters. The fourth-order valence-electron chi connectivity index (χ4n) is 2.84. The summed E-state index contributed by atoms with van der Waals surface area (Å²) < 4.78 is 26.9. The Morgan fingerprint density at radius 3 is 2.90 bits per heavy atom. The lowest BCUT2D eigenvalue weighted by Gasteiger charge is -2.38. The van der Waals surface area contributed by atoms with Crippen molar-refractivity contribution >= 4 is 12.2 Å². The molecular weight excluding hydrogens is 270 g/mol. The van der Waals surface area contributed by atoms with E-state index in [9.17, 15) is 13.6 Å². The molecule has 108 valence electrons. The zero-order valence-corrected chi connectivity index (χ0v) is 11.0. The van der Waals surface area contributed by atoms with Gasteiger partial charge in [-0.1, -0.05) is 0 Å². The van der Waals surface area contributed by atoms with Crippen LogP contribution < -0.4 is 0 Å². The first-order chi connectivity index (χ1) is 9.32. The number of carbonyl (C=O) groups is 1. The van der Waals surface area contributed by atoms with Gasteiger partial charge in [-0.15, -0.1) is 9.60 Å². The van der Waals surface area contributed by atoms with E-state index in [4.69, 9.17) is 5.11 Å². The van der Waals surface area contributed by atoms with Gasteiger partial charge in [0.25, 0.3) is 11.7 Å². The maximum Gasteiger partial charge on any atom is 0.342 e. The van der Waals surface area contributed by atoms with Gasteiger partial charge in [-0.05, 0) is 0 Å². The summed E-state index contributed by atoms with van der Waals surface area (Å²) in [5, 5.41) is 10.7. The van der Waals surface area contributed by atoms with Crippen LogP contribution in [0.3, 0.4) is 0 Å². The molecule has 0 saturated carbocycles. The fourth-order valence-corrected chi connectivity index (χ4v) is 2.84. The molecule has 0 aromatic rings. The van der Waals surface area contributed by atoms with Crippen LogP contribution in [0.25, 0.3) is 0 Å². The summed E-state index contributed by atoms with van der Waals surface area (Å²) in [5.41, 5.74) is 0.0210. The fraction of sp³-hybridized carbons (Fsp3) is 0.500. The topological polar surface area (TPSA) is 56.1 Å². The number of alkyl halides is 2. The van der Waals surface area contributed by atoms with Gasteiger partial charge in [0.2, 0.25) is 0 Å². The SMILES string of the molecule is CN1C=C2N=CC(C(=O)O)=C[N+]2(N2CCC(F)(F)C2)C1. The molecule has 1 fully saturated rings. The Kier molecular flexibility index (Phi) is 2.70. The first-order valence-electron chi connectivity index (χ1n) is 6.26. The van der Waals surface area contributed by atoms with Gasteiger partial charge < -0.3 is 10.0 Å². The van der Waals surface area contributed by atoms with Gasteiger partial charge in [0.15, 0.2) is 6.67 Å². The molecule has 0 aromatic heterocycles. The Bertz CT molecular complexity index is 558. The van der Waals surface area contributed by atoms with Crippen LogP contribution in [0.5, 0.6) is 0 Å². The van der Waals surface area contributed by atoms with E-state index in [0.717, 1.165) is 0 Å². The molecule has 0 radical (unpaired) electrons. The Labute approximate surface area is 114 Å². The molecule has 1 unspecified atom stereocenters. The normalized spacial score (nSPS) is 32.0. The van der Waals surface area contributed by atoms with E-state index in [1.807, 2.05) is 11.9 Å². The van der Waals surface area contributed by atoms with E-state index >= 15 is 0 Å². The van der Waals surface area contributed by atoms with Crippen molar-refractivity contribution in [3.8, 4) is 0 Å². The van der Waals surface area contributed by atoms with Crippen molar-refractivity contribution in [3.63, 3.8) is 0 Å². The van der Waals surface area contributed by atoms with Gasteiger partial charge in [0.05, 0.1) is 19.0 Å². The smallest absolute Gasteiger partial charge is 0.342 e. The lowest BCUT2D eigenvalue weighted by molar-refractivity contribution is -0.960. The number of carboxylic acids is 1. The van der Waals surface area contributed by atoms with Crippen molar-refractivity contribution in [3.05, 3.63) is 23.8 Å². The summed E-state index contributed by atoms with van der Waals surface area (Å²) in [6.07, 6.45) is 4.29. The minimum absolute atomic E-state index is 0.0210. The van der Waals surface area contributed by atoms with Gasteiger partial charge in [0, 0.05) is 13.5 Å². The monoisotopic (exact) mass is 285 g/mol. The van der Waals surface area contributed by atoms with Gasteiger partial charge >= 0.3 is 5.97 Å². The van der Waals surface area contributed by atoms with Crippen LogP contribution in [0.4, 0.5) is 8.78 Å². The first-order valence-corrected chi connectivity index (χ1v) is 6.26. The van der Waals surface area contributed by atoms with Crippen LogP contribution in [0.2, 0.25) is 0 Å². The van der Waals surface area contributed by atoms with E-state index in [2.05, 4.69) is 4.99 Å². The predicted molar refractivity (Wildman–Crippen MR) is 66.3 cm³/mol. The Morgan fingerprint density at radius 2 is 2.30 bits per heavy atom. The second-order valence-corrected chi connectivity index (χ2v) is 5.35. The number of aliphatic imine (C=N–C) groups is 1. The highest BCUT2D eigenvalue weighted by Crippen LogP contribution is 2.39. The molecule has 3 aliphatic heterocycles. The molecule has 0 amide bonds. The third kappa shape index (κ3) is 1.92. The summed E-state index contributed by atoms with van der Waals surface area (Å²) in [6, 6.07) is 0. The van der Waals surface area contributed by atoms with Gasteiger partial charge in [0.1, 0.15) is 18.3 Å². The lowest BCUT2D eigenvalue weighted by atomic mass is 10.3. The van der Waals surface area contributed by atoms with Crippen molar-refractivity contribution in [1.29, 1.82) is 0 Å². The predicted octanol–water partition coefficient (Wildman–Crippen LogP) is 0.814. The molecule has 8 heteroatoms. The maximum absolute atomic E-state index is 13.5. The second-order valence-electron chi connectivity index (χ2n) is 5.35. The number of rotatable bonds is 2. The number of aliphatic carboxylic acids is 1. The van der Waals surface area contributed by atoms with Crippen molar-refractivity contribution in [2.45, 2.75) is 12.3 Å². The third-order valence-corrected chi connectivity index (χ3v) is 3.76. The van der Waals surface area contributed by atoms with Crippen LogP contribution in [-0.4, -0.2) is 64.5 Å². The summed E-state index contributed by atoms with van der Waals surface area (Å²) in [5.74, 6) is -3.28. The highest BCUT2D eigenvalue weighted by molar-refractivity contribution is 6.08. The molecule has 3 rings (SSSR count). The van der Waals surface area contributed by atoms with Crippen LogP contribution in [-0.2, 0) is 4.79 Å². The third-order valence-electron chi connectivity index (χ3n) is 3.76. The van der Waals surface area contributed by atoms with E-state index in [1.54, 1.807) is 11.2 Å². The molecule has 0 aliphatic carbocycles. The summed E-state index contributed by atoms with van der Waals surface area (Å²) in [4.78, 5) is 17.1. The minimum Gasteiger partial charge on any atom is -0.477 e. The highest BCUT2D eigenvalue weighted by atomic mass is 19.3. The number of nitrogens with zero attached hydrogens (tertiary/aromatic N) is 4. The average Bonchev–Trinajstić information content (AvgIpc) is 2.87. The molecule has 20 heavy (non-hydrogen) atoms. The molecule has 3 aliphatic rings. The van der Waals surface area contributed by atoms with Gasteiger partial charge in [-0.3, -0.25) is 0 Å². The number of hydrogen-bond acceptors (Lipinski definition) is 4. The largest absolute Gasteiger partial charge is 0.477 e. The minimum atomic E-state index is -2.74. The standard InChI is InChI=1S/C12H14F2N4O2/c1-16-5-10-15-4-9(11(19)20)6-18(10,8-16)17-3-2-12(13,14)7-17/h4-6H,2-3,7-8H2,1H3/p+1. The maximum atomic E-state index is 13.5. The van der Waals surface area contributed by atoms with E-state index < -0.39 is 18.4 Å². The van der Waals surface area contributed by atoms with Crippen LogP contribution in [0.15, 0.2) is 28.8 Å². The molecule has 1 N–H and O–H groups in total. The first kappa shape index (κ1) is 13.2. The lowest BCUT2D eigenvalue weighted by Crippen LogP contribution is -2.56. The van der Waals surface area contributed by atoms with Crippen LogP contribution in [0, 0.1) is 0 Å². The van der Waals surface area contributed by atoms with E-state index in [1.165, 1.54) is 12.4 Å². The number of carboxylic acid groups (broad SMARTS) is 1. The summed E-state index contributed by atoms with van der Waals surface area (Å²) >= 11 is 0. The summed E-state index contributed by atoms with van der Waals surface area (Å²) in [6.45, 7) is 0.188. The second kappa shape index (κ2) is 4.10. The average molecular weight is 285 g/mol. The number of quaternary nitrogens is 1. The number of fused-ring (bicyclic) bond motifs is 1. The summed E-state index contributed by atoms with van der Waals surface area (Å²) in [7, 11) is 1.81. The zero-order valence-electron chi connectivity index (χ0n) is 11.0. The van der Waals surface area contributed by atoms with Crippen LogP contribution in [0.1, 0.15) is 6.42 Å². The Balaban J connectivity index is 2.01. The molecule has 0 bridgehead atoms. The molecule has 0 aromatic carbocycles. The van der Waals surface area contributed by atoms with E-state index in [0.29, 0.717) is 12.5 Å². The quantitative estimate of drug-likeness (QED) is 0.763. The Hall–Kier alpha value is -1.80. The molecular formula is C12H15F2N4O2+. The van der Waals surface area contributed by atoms with Crippen molar-refractivity contribution in [2.75, 3.05) is 26.8 Å². The highest BCUT2D eigenvalue weighted by Gasteiger charge is 2.53. The zero-order chi connectivity index (χ0) is 14.5. The van der Waals surface area contributed by atoms with Crippen LogP contribution >= 0.6 is 0 Å². The molecule has 3 heterocycles. The number of halogens is 2. The van der Waals surface area contributed by atoms with E-state index in [-0.39, 0.29) is 23.1 Å². The molecule has 6 nitrogen and oxygen atoms in total. The van der Waals surface area contributed by atoms with Crippen molar-refractivity contribution in [1.82, 2.24) is 9.91 Å². The van der Waals surface area contributed by atoms with Crippen molar-refractivity contribution in [2.24, 2.45) is 4.99 Å². The molecule has 0 spiro atoms. The van der Waals surface area contributed by atoms with Gasteiger partial charge in [-0.25, -0.2) is 18.6 Å². The van der Waals surface area contributed by atoms with Gasteiger partial charge in [-0.2, -0.15) is 0 Å². The van der Waals surface area contributed by atoms with Crippen molar-refractivity contribution < 1.29 is 23.3 Å². The Morgan fingerprint density at radius 1 is 1.55 bits per heavy atom. The molecule has 1 saturated heterocycles.